The van der Waals surface area contributed by atoms with Crippen LogP contribution >= 0.6 is 0 Å². The Morgan fingerprint density at radius 2 is 1.42 bits per heavy atom. The number of carbonyl (C=O) groups is 1. The number of carboxylic acid groups (broad SMARTS) is 1. The number of carboxylic acids is 1. The maximum atomic E-state index is 13.6. The molecule has 0 aliphatic carbocycles. The molecule has 1 fully saturated rings. The van der Waals surface area contributed by atoms with Crippen LogP contribution in [-0.4, -0.2) is 52.0 Å². The van der Waals surface area contributed by atoms with Crippen LogP contribution in [0.2, 0.25) is 0 Å². The third kappa shape index (κ3) is 4.27. The van der Waals surface area contributed by atoms with Crippen LogP contribution in [-0.2, 0) is 4.79 Å². The lowest BCUT2D eigenvalue weighted by Crippen LogP contribution is -2.50. The number of piperazine rings is 1. The predicted molar refractivity (Wildman–Crippen MR) is 127 cm³/mol. The zero-order valence-corrected chi connectivity index (χ0v) is 18.2. The van der Waals surface area contributed by atoms with E-state index >= 15 is 0 Å². The van der Waals surface area contributed by atoms with E-state index in [1.165, 1.54) is 23.3 Å². The number of nitrogens with zero attached hydrogens (tertiary/aromatic N) is 2. The molecule has 1 aliphatic rings. The molecule has 1 aromatic heterocycles. The molecule has 4 aromatic rings. The third-order valence-corrected chi connectivity index (χ3v) is 6.51. The Hall–Kier alpha value is -3.48. The van der Waals surface area contributed by atoms with E-state index in [0.29, 0.717) is 24.2 Å². The third-order valence-electron chi connectivity index (χ3n) is 6.51. The van der Waals surface area contributed by atoms with Crippen molar-refractivity contribution in [1.29, 1.82) is 0 Å². The Balaban J connectivity index is 1.40. The molecule has 0 radical (unpaired) electrons. The smallest absolute Gasteiger partial charge is 0.325 e. The van der Waals surface area contributed by atoms with Gasteiger partial charge in [-0.3, -0.25) is 14.6 Å². The fourth-order valence-corrected chi connectivity index (χ4v) is 4.97. The molecule has 6 heteroatoms. The molecule has 33 heavy (non-hydrogen) atoms. The highest BCUT2D eigenvalue weighted by Gasteiger charge is 2.34. The Morgan fingerprint density at radius 1 is 0.848 bits per heavy atom. The molecule has 1 saturated heterocycles. The number of hydrogen-bond donors (Lipinski definition) is 2. The number of H-pyrrole nitrogens is 1. The number of nitrogens with one attached hydrogen (secondary N) is 1. The number of aromatic nitrogens is 1. The second-order valence-corrected chi connectivity index (χ2v) is 8.47. The Morgan fingerprint density at radius 3 is 2.00 bits per heavy atom. The molecule has 168 valence electrons. The minimum Gasteiger partial charge on any atom is -0.480 e. The van der Waals surface area contributed by atoms with E-state index in [9.17, 15) is 14.3 Å². The van der Waals surface area contributed by atoms with Gasteiger partial charge in [0, 0.05) is 48.8 Å². The van der Waals surface area contributed by atoms with Crippen LogP contribution in [0.4, 0.5) is 4.39 Å². The molecule has 0 spiro atoms. The minimum atomic E-state index is -0.892. The van der Waals surface area contributed by atoms with Crippen molar-refractivity contribution < 1.29 is 14.3 Å². The van der Waals surface area contributed by atoms with E-state index in [1.54, 1.807) is 12.3 Å². The minimum absolute atomic E-state index is 0.119. The van der Waals surface area contributed by atoms with Gasteiger partial charge in [-0.15, -0.1) is 0 Å². The van der Waals surface area contributed by atoms with Gasteiger partial charge in [-0.2, -0.15) is 0 Å². The molecular formula is C27H26FN3O2. The highest BCUT2D eigenvalue weighted by molar-refractivity contribution is 5.89. The topological polar surface area (TPSA) is 59.6 Å². The summed E-state index contributed by atoms with van der Waals surface area (Å²) in [6, 6.07) is 24.6. The number of halogens is 1. The van der Waals surface area contributed by atoms with Gasteiger partial charge in [-0.05, 0) is 29.3 Å². The van der Waals surface area contributed by atoms with E-state index in [1.807, 2.05) is 17.0 Å². The maximum absolute atomic E-state index is 13.6. The Bertz CT molecular complexity index is 1190. The molecular weight excluding hydrogens is 417 g/mol. The van der Waals surface area contributed by atoms with Gasteiger partial charge in [0.15, 0.2) is 0 Å². The van der Waals surface area contributed by atoms with E-state index in [-0.39, 0.29) is 11.9 Å². The van der Waals surface area contributed by atoms with Gasteiger partial charge in [-0.25, -0.2) is 4.39 Å². The molecule has 0 amide bonds. The molecule has 5 rings (SSSR count). The zero-order valence-electron chi connectivity index (χ0n) is 18.2. The average Bonchev–Trinajstić information content (AvgIpc) is 3.24. The second kappa shape index (κ2) is 9.17. The van der Waals surface area contributed by atoms with Gasteiger partial charge < -0.3 is 10.1 Å². The summed E-state index contributed by atoms with van der Waals surface area (Å²) in [7, 11) is 0. The summed E-state index contributed by atoms with van der Waals surface area (Å²) in [6.07, 6.45) is 1.70. The first-order valence-corrected chi connectivity index (χ1v) is 11.2. The first kappa shape index (κ1) is 21.4. The van der Waals surface area contributed by atoms with Crippen molar-refractivity contribution >= 4 is 16.9 Å². The number of rotatable bonds is 6. The van der Waals surface area contributed by atoms with Crippen molar-refractivity contribution in [3.63, 3.8) is 0 Å². The van der Waals surface area contributed by atoms with Crippen LogP contribution in [0.5, 0.6) is 0 Å². The van der Waals surface area contributed by atoms with Gasteiger partial charge >= 0.3 is 5.97 Å². The first-order valence-electron chi connectivity index (χ1n) is 11.2. The molecule has 3 aromatic carbocycles. The predicted octanol–water partition coefficient (Wildman–Crippen LogP) is 4.84. The standard InChI is InChI=1S/C27H26FN3O2/c28-21-11-12-22-23(18-29-24(22)17-21)26(27(32)33)31-15-13-30(14-16-31)25(19-7-3-1-4-8-19)20-9-5-2-6-10-20/h1-12,17-18,25-26,29H,13-16H2,(H,32,33)/t26-/m1/s1. The van der Waals surface area contributed by atoms with Gasteiger partial charge in [0.25, 0.3) is 0 Å². The van der Waals surface area contributed by atoms with Crippen LogP contribution in [0, 0.1) is 5.82 Å². The van der Waals surface area contributed by atoms with Crippen LogP contribution in [0.25, 0.3) is 10.9 Å². The summed E-state index contributed by atoms with van der Waals surface area (Å²) >= 11 is 0. The summed E-state index contributed by atoms with van der Waals surface area (Å²) in [5.41, 5.74) is 3.74. The van der Waals surface area contributed by atoms with E-state index in [0.717, 1.165) is 18.5 Å². The van der Waals surface area contributed by atoms with Gasteiger partial charge in [0.05, 0.1) is 6.04 Å². The van der Waals surface area contributed by atoms with Crippen LogP contribution in [0.15, 0.2) is 85.1 Å². The molecule has 0 unspecified atom stereocenters. The van der Waals surface area contributed by atoms with Crippen molar-refractivity contribution in [1.82, 2.24) is 14.8 Å². The van der Waals surface area contributed by atoms with Crippen molar-refractivity contribution in [2.45, 2.75) is 12.1 Å². The van der Waals surface area contributed by atoms with Crippen molar-refractivity contribution in [2.24, 2.45) is 0 Å². The number of hydrogen-bond acceptors (Lipinski definition) is 3. The van der Waals surface area contributed by atoms with Crippen LogP contribution in [0.3, 0.4) is 0 Å². The molecule has 1 aliphatic heterocycles. The van der Waals surface area contributed by atoms with Gasteiger partial charge in [0.1, 0.15) is 11.9 Å². The zero-order chi connectivity index (χ0) is 22.8. The molecule has 2 N–H and O–H groups in total. The Labute approximate surface area is 192 Å². The van der Waals surface area contributed by atoms with Gasteiger partial charge in [-0.1, -0.05) is 60.7 Å². The summed E-state index contributed by atoms with van der Waals surface area (Å²) in [5, 5.41) is 10.8. The number of benzene rings is 3. The van der Waals surface area contributed by atoms with Gasteiger partial charge in [0.2, 0.25) is 0 Å². The normalized spacial score (nSPS) is 16.3. The second-order valence-electron chi connectivity index (χ2n) is 8.47. The van der Waals surface area contributed by atoms with Crippen molar-refractivity contribution in [2.75, 3.05) is 26.2 Å². The lowest BCUT2D eigenvalue weighted by Gasteiger charge is -2.41. The number of aromatic amines is 1. The summed E-state index contributed by atoms with van der Waals surface area (Å²) < 4.78 is 13.6. The van der Waals surface area contributed by atoms with Crippen LogP contribution in [0.1, 0.15) is 28.8 Å². The average molecular weight is 444 g/mol. The molecule has 0 bridgehead atoms. The van der Waals surface area contributed by atoms with Crippen molar-refractivity contribution in [3.8, 4) is 0 Å². The largest absolute Gasteiger partial charge is 0.480 e. The lowest BCUT2D eigenvalue weighted by molar-refractivity contribution is -0.144. The fourth-order valence-electron chi connectivity index (χ4n) is 4.97. The molecule has 2 heterocycles. The fraction of sp³-hybridized carbons (Fsp3) is 0.222. The maximum Gasteiger partial charge on any atom is 0.325 e. The van der Waals surface area contributed by atoms with E-state index < -0.39 is 12.0 Å². The Kier molecular flexibility index (Phi) is 5.94. The highest BCUT2D eigenvalue weighted by atomic mass is 19.1. The molecule has 5 nitrogen and oxygen atoms in total. The van der Waals surface area contributed by atoms with E-state index in [2.05, 4.69) is 58.4 Å². The van der Waals surface area contributed by atoms with Crippen molar-refractivity contribution in [3.05, 3.63) is 108 Å². The molecule has 0 saturated carbocycles. The van der Waals surface area contributed by atoms with Crippen LogP contribution < -0.4 is 0 Å². The summed E-state index contributed by atoms with van der Waals surface area (Å²) in [6.45, 7) is 2.74. The SMILES string of the molecule is O=C(O)[C@@H](c1c[nH]c2cc(F)ccc12)N1CCN(C(c2ccccc2)c2ccccc2)CC1. The quantitative estimate of drug-likeness (QED) is 0.448. The first-order chi connectivity index (χ1) is 16.1. The molecule has 1 atom stereocenters. The monoisotopic (exact) mass is 443 g/mol. The lowest BCUT2D eigenvalue weighted by atomic mass is 9.96. The van der Waals surface area contributed by atoms with E-state index in [4.69, 9.17) is 0 Å². The number of fused-ring (bicyclic) bond motifs is 1. The number of aliphatic carboxylic acids is 1. The summed E-state index contributed by atoms with van der Waals surface area (Å²) in [5.74, 6) is -1.24. The highest BCUT2D eigenvalue weighted by Crippen LogP contribution is 2.33. The summed E-state index contributed by atoms with van der Waals surface area (Å²) in [4.78, 5) is 19.8.